The van der Waals surface area contributed by atoms with Crippen LogP contribution in [-0.4, -0.2) is 12.1 Å². The molecule has 3 aromatic rings. The molecule has 0 radical (unpaired) electrons. The molecule has 0 spiro atoms. The van der Waals surface area contributed by atoms with Crippen molar-refractivity contribution >= 4 is 39.8 Å². The minimum atomic E-state index is -0.258. The molecule has 1 amide bonds. The van der Waals surface area contributed by atoms with E-state index in [1.807, 2.05) is 37.3 Å². The number of benzene rings is 2. The molecule has 0 aliphatic carbocycles. The first-order chi connectivity index (χ1) is 12.6. The van der Waals surface area contributed by atoms with E-state index in [-0.39, 0.29) is 5.91 Å². The Morgan fingerprint density at radius 3 is 2.58 bits per heavy atom. The molecule has 0 saturated carbocycles. The van der Waals surface area contributed by atoms with Gasteiger partial charge in [0.1, 0.15) is 11.5 Å². The van der Waals surface area contributed by atoms with Crippen LogP contribution in [0, 0.1) is 6.92 Å². The maximum Gasteiger partial charge on any atom is 0.271 e. The fourth-order valence-electron chi connectivity index (χ4n) is 2.20. The van der Waals surface area contributed by atoms with Gasteiger partial charge in [-0.15, -0.1) is 11.8 Å². The fraction of sp³-hybridized carbons (Fsp3) is 0.100. The van der Waals surface area contributed by atoms with Gasteiger partial charge >= 0.3 is 0 Å². The summed E-state index contributed by atoms with van der Waals surface area (Å²) in [6.45, 7) is 1.84. The zero-order valence-corrected chi connectivity index (χ0v) is 16.5. The summed E-state index contributed by atoms with van der Waals surface area (Å²) in [5, 5.41) is 3.93. The number of hydrogen-bond donors (Lipinski definition) is 1. The average Bonchev–Trinajstić information content (AvgIpc) is 2.99. The van der Waals surface area contributed by atoms with Gasteiger partial charge < -0.3 is 4.42 Å². The predicted octanol–water partition coefficient (Wildman–Crippen LogP) is 5.41. The highest BCUT2D eigenvalue weighted by atomic mass is 79.9. The first-order valence-corrected chi connectivity index (χ1v) is 9.76. The number of aryl methyl sites for hydroxylation is 1. The second kappa shape index (κ2) is 8.87. The lowest BCUT2D eigenvalue weighted by Crippen LogP contribution is -2.17. The van der Waals surface area contributed by atoms with Crippen molar-refractivity contribution in [1.82, 2.24) is 5.43 Å². The predicted molar refractivity (Wildman–Crippen MR) is 109 cm³/mol. The number of carbonyl (C=O) groups excluding carboxylic acids is 1. The standard InChI is InChI=1S/C20H17BrN2O2S/c1-14-19(21)11-17(25-14)12-22-23-20(24)16-9-7-15(8-10-16)13-26-18-5-3-2-4-6-18/h2-12H,13H2,1H3,(H,23,24). The quantitative estimate of drug-likeness (QED) is 0.324. The molecule has 4 nitrogen and oxygen atoms in total. The van der Waals surface area contributed by atoms with E-state index in [0.29, 0.717) is 11.3 Å². The van der Waals surface area contributed by atoms with Crippen LogP contribution in [0.1, 0.15) is 27.4 Å². The van der Waals surface area contributed by atoms with Crippen LogP contribution < -0.4 is 5.43 Å². The van der Waals surface area contributed by atoms with E-state index >= 15 is 0 Å². The lowest BCUT2D eigenvalue weighted by atomic mass is 10.1. The molecule has 3 rings (SSSR count). The number of carbonyl (C=O) groups is 1. The maximum absolute atomic E-state index is 12.1. The largest absolute Gasteiger partial charge is 0.459 e. The summed E-state index contributed by atoms with van der Waals surface area (Å²) in [6.07, 6.45) is 1.47. The number of halogens is 1. The maximum atomic E-state index is 12.1. The van der Waals surface area contributed by atoms with Crippen molar-refractivity contribution in [2.75, 3.05) is 0 Å². The number of nitrogens with zero attached hydrogens (tertiary/aromatic N) is 1. The van der Waals surface area contributed by atoms with Crippen molar-refractivity contribution in [3.05, 3.63) is 87.8 Å². The molecule has 132 valence electrons. The molecule has 2 aromatic carbocycles. The summed E-state index contributed by atoms with van der Waals surface area (Å²) in [4.78, 5) is 13.4. The summed E-state index contributed by atoms with van der Waals surface area (Å²) in [5.41, 5.74) is 4.23. The average molecular weight is 429 g/mol. The van der Waals surface area contributed by atoms with Crippen LogP contribution in [-0.2, 0) is 5.75 Å². The molecule has 0 fully saturated rings. The normalized spacial score (nSPS) is 11.0. The van der Waals surface area contributed by atoms with E-state index < -0.39 is 0 Å². The Labute approximate surface area is 164 Å². The van der Waals surface area contributed by atoms with Gasteiger partial charge in [0.2, 0.25) is 0 Å². The van der Waals surface area contributed by atoms with Gasteiger partial charge in [0, 0.05) is 22.3 Å². The molecule has 1 aromatic heterocycles. The SMILES string of the molecule is Cc1oc(C=NNC(=O)c2ccc(CSc3ccccc3)cc2)cc1Br. The monoisotopic (exact) mass is 428 g/mol. The summed E-state index contributed by atoms with van der Waals surface area (Å²) in [6, 6.07) is 19.6. The minimum absolute atomic E-state index is 0.258. The molecular formula is C20H17BrN2O2S. The number of thioether (sulfide) groups is 1. The summed E-state index contributed by atoms with van der Waals surface area (Å²) in [7, 11) is 0. The summed E-state index contributed by atoms with van der Waals surface area (Å²) < 4.78 is 6.30. The molecule has 0 aliphatic rings. The van der Waals surface area contributed by atoms with E-state index in [2.05, 4.69) is 38.6 Å². The van der Waals surface area contributed by atoms with Gasteiger partial charge in [-0.2, -0.15) is 5.10 Å². The van der Waals surface area contributed by atoms with Crippen LogP contribution in [0.3, 0.4) is 0 Å². The zero-order chi connectivity index (χ0) is 18.4. The van der Waals surface area contributed by atoms with E-state index in [0.717, 1.165) is 21.5 Å². The third kappa shape index (κ3) is 5.09. The van der Waals surface area contributed by atoms with Gasteiger partial charge in [-0.1, -0.05) is 30.3 Å². The van der Waals surface area contributed by atoms with Gasteiger partial charge in [0.25, 0.3) is 5.91 Å². The highest BCUT2D eigenvalue weighted by Gasteiger charge is 2.05. The van der Waals surface area contributed by atoms with Gasteiger partial charge in [0.15, 0.2) is 0 Å². The number of hydrogen-bond acceptors (Lipinski definition) is 4. The van der Waals surface area contributed by atoms with E-state index in [1.165, 1.54) is 11.1 Å². The Kier molecular flexibility index (Phi) is 6.30. The number of rotatable bonds is 6. The second-order valence-corrected chi connectivity index (χ2v) is 7.45. The lowest BCUT2D eigenvalue weighted by molar-refractivity contribution is 0.0955. The van der Waals surface area contributed by atoms with Crippen molar-refractivity contribution < 1.29 is 9.21 Å². The van der Waals surface area contributed by atoms with E-state index in [9.17, 15) is 4.79 Å². The number of furan rings is 1. The van der Waals surface area contributed by atoms with E-state index in [1.54, 1.807) is 30.0 Å². The van der Waals surface area contributed by atoms with Crippen LogP contribution >= 0.6 is 27.7 Å². The van der Waals surface area contributed by atoms with Crippen LogP contribution in [0.5, 0.6) is 0 Å². The van der Waals surface area contributed by atoms with Gasteiger partial charge in [-0.3, -0.25) is 4.79 Å². The molecule has 0 bridgehead atoms. The van der Waals surface area contributed by atoms with Crippen molar-refractivity contribution in [2.24, 2.45) is 5.10 Å². The minimum Gasteiger partial charge on any atom is -0.459 e. The smallest absolute Gasteiger partial charge is 0.271 e. The van der Waals surface area contributed by atoms with Crippen LogP contribution in [0.2, 0.25) is 0 Å². The highest BCUT2D eigenvalue weighted by molar-refractivity contribution is 9.10. The second-order valence-electron chi connectivity index (χ2n) is 5.55. The Hall–Kier alpha value is -2.31. The fourth-order valence-corrected chi connectivity index (χ4v) is 3.38. The van der Waals surface area contributed by atoms with Crippen molar-refractivity contribution in [3.63, 3.8) is 0 Å². The molecule has 6 heteroatoms. The van der Waals surface area contributed by atoms with Gasteiger partial charge in [-0.05, 0) is 52.7 Å². The molecule has 26 heavy (non-hydrogen) atoms. The summed E-state index contributed by atoms with van der Waals surface area (Å²) >= 11 is 5.13. The first kappa shape index (κ1) is 18.5. The van der Waals surface area contributed by atoms with Crippen molar-refractivity contribution in [3.8, 4) is 0 Å². The third-order valence-electron chi connectivity index (χ3n) is 3.60. The Balaban J connectivity index is 1.53. The third-order valence-corrected chi connectivity index (χ3v) is 5.47. The molecule has 0 aliphatic heterocycles. The Bertz CT molecular complexity index is 886. The molecule has 1 N–H and O–H groups in total. The first-order valence-electron chi connectivity index (χ1n) is 7.98. The van der Waals surface area contributed by atoms with E-state index in [4.69, 9.17) is 4.42 Å². The number of nitrogens with one attached hydrogen (secondary N) is 1. The molecule has 1 heterocycles. The summed E-state index contributed by atoms with van der Waals surface area (Å²) in [5.74, 6) is 1.94. The van der Waals surface area contributed by atoms with Crippen LogP contribution in [0.4, 0.5) is 0 Å². The molecule has 0 saturated heterocycles. The zero-order valence-electron chi connectivity index (χ0n) is 14.1. The van der Waals surface area contributed by atoms with Gasteiger partial charge in [-0.25, -0.2) is 5.43 Å². The topological polar surface area (TPSA) is 54.6 Å². The lowest BCUT2D eigenvalue weighted by Gasteiger charge is -2.04. The van der Waals surface area contributed by atoms with Crippen LogP contribution in [0.15, 0.2) is 79.6 Å². The highest BCUT2D eigenvalue weighted by Crippen LogP contribution is 2.22. The Morgan fingerprint density at radius 1 is 1.19 bits per heavy atom. The van der Waals surface area contributed by atoms with Crippen LogP contribution in [0.25, 0.3) is 0 Å². The molecular weight excluding hydrogens is 412 g/mol. The molecule has 0 atom stereocenters. The Morgan fingerprint density at radius 2 is 1.92 bits per heavy atom. The molecule has 0 unspecified atom stereocenters. The number of hydrazone groups is 1. The number of amides is 1. The van der Waals surface area contributed by atoms with Crippen molar-refractivity contribution in [2.45, 2.75) is 17.6 Å². The van der Waals surface area contributed by atoms with Gasteiger partial charge in [0.05, 0.1) is 10.7 Å². The van der Waals surface area contributed by atoms with Crippen molar-refractivity contribution in [1.29, 1.82) is 0 Å².